The predicted octanol–water partition coefficient (Wildman–Crippen LogP) is 4.75. The maximum atomic E-state index is 13.0. The summed E-state index contributed by atoms with van der Waals surface area (Å²) in [5, 5.41) is 14.0. The molecule has 0 saturated heterocycles. The van der Waals surface area contributed by atoms with Crippen LogP contribution < -0.4 is 10.2 Å². The third kappa shape index (κ3) is 4.16. The molecule has 3 aromatic carbocycles. The quantitative estimate of drug-likeness (QED) is 0.492. The van der Waals surface area contributed by atoms with Crippen molar-refractivity contribution < 1.29 is 14.5 Å². The first kappa shape index (κ1) is 20.3. The van der Waals surface area contributed by atoms with E-state index in [4.69, 9.17) is 0 Å². The van der Waals surface area contributed by atoms with E-state index in [9.17, 15) is 19.7 Å². The van der Waals surface area contributed by atoms with Gasteiger partial charge in [-0.2, -0.15) is 0 Å². The number of carbonyl (C=O) groups is 2. The molecular weight excluding hydrogens is 394 g/mol. The van der Waals surface area contributed by atoms with Crippen LogP contribution in [-0.2, 0) is 6.42 Å². The summed E-state index contributed by atoms with van der Waals surface area (Å²) in [7, 11) is 0. The zero-order valence-electron chi connectivity index (χ0n) is 17.0. The van der Waals surface area contributed by atoms with E-state index in [0.29, 0.717) is 23.4 Å². The highest BCUT2D eigenvalue weighted by Crippen LogP contribution is 2.31. The van der Waals surface area contributed by atoms with Crippen molar-refractivity contribution >= 4 is 28.9 Å². The molecule has 4 rings (SSSR count). The number of anilines is 2. The number of hydrogen-bond donors (Lipinski definition) is 1. The van der Waals surface area contributed by atoms with Crippen LogP contribution in [0.15, 0.2) is 66.7 Å². The Morgan fingerprint density at radius 1 is 1.00 bits per heavy atom. The second-order valence-electron chi connectivity index (χ2n) is 7.48. The predicted molar refractivity (Wildman–Crippen MR) is 119 cm³/mol. The zero-order valence-corrected chi connectivity index (χ0v) is 17.0. The third-order valence-electron chi connectivity index (χ3n) is 5.40. The Morgan fingerprint density at radius 3 is 2.52 bits per heavy atom. The van der Waals surface area contributed by atoms with Crippen molar-refractivity contribution in [3.63, 3.8) is 0 Å². The number of aryl methyl sites for hydroxylation is 2. The Bertz CT molecular complexity index is 1170. The van der Waals surface area contributed by atoms with Gasteiger partial charge in [0.1, 0.15) is 0 Å². The van der Waals surface area contributed by atoms with Crippen LogP contribution in [0, 0.1) is 17.0 Å². The molecule has 1 N–H and O–H groups in total. The maximum Gasteiger partial charge on any atom is 0.273 e. The molecule has 7 nitrogen and oxygen atoms in total. The molecule has 31 heavy (non-hydrogen) atoms. The molecule has 156 valence electrons. The first-order valence-corrected chi connectivity index (χ1v) is 10.0. The maximum absolute atomic E-state index is 13.0. The second kappa shape index (κ2) is 8.39. The van der Waals surface area contributed by atoms with E-state index in [2.05, 4.69) is 5.32 Å². The molecule has 1 aliphatic rings. The fraction of sp³-hybridized carbons (Fsp3) is 0.167. The molecule has 7 heteroatoms. The highest BCUT2D eigenvalue weighted by atomic mass is 16.6. The number of nitrogens with one attached hydrogen (secondary N) is 1. The number of rotatable bonds is 4. The molecule has 3 aromatic rings. The van der Waals surface area contributed by atoms with Gasteiger partial charge in [0.25, 0.3) is 17.5 Å². The standard InChI is InChI=1S/C24H21N3O4/c1-16-9-10-19(14-21(16)27(30)31)23(28)25-20-12-11-17-8-5-13-26(22(17)15-20)24(29)18-6-3-2-4-7-18/h2-4,6-7,9-12,14-15H,5,8,13H2,1H3,(H,25,28). The minimum Gasteiger partial charge on any atom is -0.322 e. The molecule has 0 saturated carbocycles. The van der Waals surface area contributed by atoms with Gasteiger partial charge in [0.2, 0.25) is 0 Å². The van der Waals surface area contributed by atoms with Crippen molar-refractivity contribution in [1.29, 1.82) is 0 Å². The van der Waals surface area contributed by atoms with Gasteiger partial charge in [0.15, 0.2) is 0 Å². The molecule has 1 aliphatic heterocycles. The molecule has 0 aliphatic carbocycles. The minimum absolute atomic E-state index is 0.0841. The van der Waals surface area contributed by atoms with Gasteiger partial charge < -0.3 is 10.2 Å². The summed E-state index contributed by atoms with van der Waals surface area (Å²) < 4.78 is 0. The van der Waals surface area contributed by atoms with Crippen LogP contribution in [0.2, 0.25) is 0 Å². The Hall–Kier alpha value is -4.00. The monoisotopic (exact) mass is 415 g/mol. The number of amides is 2. The van der Waals surface area contributed by atoms with E-state index in [1.807, 2.05) is 24.3 Å². The molecule has 0 unspecified atom stereocenters. The summed E-state index contributed by atoms with van der Waals surface area (Å²) in [6, 6.07) is 19.0. The Balaban J connectivity index is 1.60. The van der Waals surface area contributed by atoms with E-state index < -0.39 is 10.8 Å². The Morgan fingerprint density at radius 2 is 1.77 bits per heavy atom. The lowest BCUT2D eigenvalue weighted by Crippen LogP contribution is -2.35. The van der Waals surface area contributed by atoms with Crippen LogP contribution in [0.1, 0.15) is 38.3 Å². The van der Waals surface area contributed by atoms with Gasteiger partial charge in [0, 0.05) is 40.7 Å². The molecule has 0 bridgehead atoms. The number of hydrogen-bond acceptors (Lipinski definition) is 4. The first-order valence-electron chi connectivity index (χ1n) is 10.0. The number of carbonyl (C=O) groups excluding carboxylic acids is 2. The van der Waals surface area contributed by atoms with Crippen LogP contribution >= 0.6 is 0 Å². The molecule has 0 fully saturated rings. The van der Waals surface area contributed by atoms with Crippen molar-refractivity contribution in [1.82, 2.24) is 0 Å². The lowest BCUT2D eigenvalue weighted by Gasteiger charge is -2.30. The lowest BCUT2D eigenvalue weighted by atomic mass is 10.00. The Kier molecular flexibility index (Phi) is 5.49. The number of benzene rings is 3. The fourth-order valence-electron chi connectivity index (χ4n) is 3.75. The fourth-order valence-corrected chi connectivity index (χ4v) is 3.75. The van der Waals surface area contributed by atoms with Crippen LogP contribution in [0.3, 0.4) is 0 Å². The lowest BCUT2D eigenvalue weighted by molar-refractivity contribution is -0.385. The van der Waals surface area contributed by atoms with Gasteiger partial charge in [-0.3, -0.25) is 19.7 Å². The summed E-state index contributed by atoms with van der Waals surface area (Å²) in [4.78, 5) is 38.1. The summed E-state index contributed by atoms with van der Waals surface area (Å²) in [6.07, 6.45) is 1.72. The molecule has 0 aromatic heterocycles. The molecular formula is C24H21N3O4. The second-order valence-corrected chi connectivity index (χ2v) is 7.48. The summed E-state index contributed by atoms with van der Waals surface area (Å²) >= 11 is 0. The van der Waals surface area contributed by atoms with Gasteiger partial charge in [0.05, 0.1) is 4.92 Å². The zero-order chi connectivity index (χ0) is 22.0. The topological polar surface area (TPSA) is 92.6 Å². The largest absolute Gasteiger partial charge is 0.322 e. The molecule has 0 radical (unpaired) electrons. The van der Waals surface area contributed by atoms with Crippen LogP contribution in [-0.4, -0.2) is 23.3 Å². The minimum atomic E-state index is -0.502. The third-order valence-corrected chi connectivity index (χ3v) is 5.40. The van der Waals surface area contributed by atoms with E-state index >= 15 is 0 Å². The average molecular weight is 415 g/mol. The Labute approximate surface area is 179 Å². The average Bonchev–Trinajstić information content (AvgIpc) is 2.78. The van der Waals surface area contributed by atoms with E-state index in [-0.39, 0.29) is 17.2 Å². The van der Waals surface area contributed by atoms with Crippen molar-refractivity contribution in [2.75, 3.05) is 16.8 Å². The molecule has 0 atom stereocenters. The smallest absolute Gasteiger partial charge is 0.273 e. The number of nitro benzene ring substituents is 1. The van der Waals surface area contributed by atoms with E-state index in [1.165, 1.54) is 6.07 Å². The van der Waals surface area contributed by atoms with Crippen molar-refractivity contribution in [3.8, 4) is 0 Å². The van der Waals surface area contributed by atoms with E-state index in [0.717, 1.165) is 24.1 Å². The normalized spacial score (nSPS) is 12.7. The van der Waals surface area contributed by atoms with Crippen LogP contribution in [0.25, 0.3) is 0 Å². The van der Waals surface area contributed by atoms with Crippen LogP contribution in [0.4, 0.5) is 17.1 Å². The summed E-state index contributed by atoms with van der Waals surface area (Å²) in [6.45, 7) is 2.23. The first-order chi connectivity index (χ1) is 14.9. The highest BCUT2D eigenvalue weighted by Gasteiger charge is 2.24. The van der Waals surface area contributed by atoms with Gasteiger partial charge in [-0.25, -0.2) is 0 Å². The van der Waals surface area contributed by atoms with Gasteiger partial charge in [-0.1, -0.05) is 30.3 Å². The van der Waals surface area contributed by atoms with Gasteiger partial charge in [-0.05, 0) is 55.7 Å². The van der Waals surface area contributed by atoms with E-state index in [1.54, 1.807) is 48.2 Å². The van der Waals surface area contributed by atoms with Crippen molar-refractivity contribution in [3.05, 3.63) is 99.1 Å². The van der Waals surface area contributed by atoms with Gasteiger partial charge in [-0.15, -0.1) is 0 Å². The summed E-state index contributed by atoms with van der Waals surface area (Å²) in [5.41, 5.74) is 3.54. The molecule has 1 heterocycles. The molecule has 0 spiro atoms. The van der Waals surface area contributed by atoms with Crippen molar-refractivity contribution in [2.45, 2.75) is 19.8 Å². The summed E-state index contributed by atoms with van der Waals surface area (Å²) in [5.74, 6) is -0.529. The highest BCUT2D eigenvalue weighted by molar-refractivity contribution is 6.08. The van der Waals surface area contributed by atoms with Gasteiger partial charge >= 0.3 is 0 Å². The SMILES string of the molecule is Cc1ccc(C(=O)Nc2ccc3c(c2)N(C(=O)c2ccccc2)CCC3)cc1[N+](=O)[O-]. The van der Waals surface area contributed by atoms with Crippen LogP contribution in [0.5, 0.6) is 0 Å². The number of nitrogens with zero attached hydrogens (tertiary/aromatic N) is 2. The number of fused-ring (bicyclic) bond motifs is 1. The van der Waals surface area contributed by atoms with Crippen molar-refractivity contribution in [2.24, 2.45) is 0 Å². The number of nitro groups is 1. The molecule has 2 amide bonds.